The van der Waals surface area contributed by atoms with Crippen molar-refractivity contribution in [2.24, 2.45) is 0 Å². The van der Waals surface area contributed by atoms with Gasteiger partial charge >= 0.3 is 5.97 Å². The molecule has 2 aliphatic heterocycles. The summed E-state index contributed by atoms with van der Waals surface area (Å²) in [6, 6.07) is 0. The molecule has 2 heterocycles. The van der Waals surface area contributed by atoms with Crippen molar-refractivity contribution in [2.45, 2.75) is 83.0 Å². The molecule has 1 N–H and O–H groups in total. The molecule has 0 radical (unpaired) electrons. The first-order valence-corrected chi connectivity index (χ1v) is 9.22. The second kappa shape index (κ2) is 10.6. The number of esters is 1. The Balaban J connectivity index is 1.42. The van der Waals surface area contributed by atoms with Crippen LogP contribution in [0.15, 0.2) is 23.8 Å². The Kier molecular flexibility index (Phi) is 8.50. The third-order valence-corrected chi connectivity index (χ3v) is 4.56. The van der Waals surface area contributed by atoms with Gasteiger partial charge in [-0.2, -0.15) is 0 Å². The summed E-state index contributed by atoms with van der Waals surface area (Å²) in [5.74, 6) is -0.364. The summed E-state index contributed by atoms with van der Waals surface area (Å²) in [6.07, 6.45) is 15.1. The van der Waals surface area contributed by atoms with Gasteiger partial charge in [0.1, 0.15) is 24.9 Å². The molecule has 0 saturated carbocycles. The number of cyclic esters (lactones) is 1. The van der Waals surface area contributed by atoms with E-state index in [1.165, 1.54) is 32.1 Å². The van der Waals surface area contributed by atoms with Crippen molar-refractivity contribution < 1.29 is 24.4 Å². The average Bonchev–Trinajstić information content (AvgIpc) is 2.83. The number of carbonyl (C=O) groups is 1. The van der Waals surface area contributed by atoms with Gasteiger partial charge in [-0.25, -0.2) is 14.6 Å². The Morgan fingerprint density at radius 3 is 2.50 bits per heavy atom. The van der Waals surface area contributed by atoms with E-state index < -0.39 is 12.2 Å². The van der Waals surface area contributed by atoms with Crippen LogP contribution in [-0.2, 0) is 19.3 Å². The van der Waals surface area contributed by atoms with Crippen LogP contribution in [0.5, 0.6) is 0 Å². The molecule has 3 unspecified atom stereocenters. The minimum atomic E-state index is -0.758. The van der Waals surface area contributed by atoms with E-state index in [0.29, 0.717) is 12.2 Å². The van der Waals surface area contributed by atoms with Crippen molar-refractivity contribution in [1.29, 1.82) is 0 Å². The van der Waals surface area contributed by atoms with E-state index >= 15 is 0 Å². The van der Waals surface area contributed by atoms with Crippen LogP contribution in [0.25, 0.3) is 0 Å². The summed E-state index contributed by atoms with van der Waals surface area (Å²) in [5.41, 5.74) is 0.436. The van der Waals surface area contributed by atoms with E-state index in [-0.39, 0.29) is 12.1 Å². The van der Waals surface area contributed by atoms with E-state index in [1.807, 2.05) is 12.2 Å². The zero-order valence-corrected chi connectivity index (χ0v) is 14.6. The van der Waals surface area contributed by atoms with Gasteiger partial charge in [0.25, 0.3) is 0 Å². The number of rotatable bonds is 10. The first-order valence-electron chi connectivity index (χ1n) is 9.22. The minimum Gasteiger partial charge on any atom is -0.456 e. The van der Waals surface area contributed by atoms with E-state index in [2.05, 4.69) is 6.08 Å². The second-order valence-corrected chi connectivity index (χ2v) is 6.61. The molecule has 24 heavy (non-hydrogen) atoms. The van der Waals surface area contributed by atoms with Crippen molar-refractivity contribution >= 4 is 5.97 Å². The monoisotopic (exact) mass is 338 g/mol. The van der Waals surface area contributed by atoms with E-state index in [1.54, 1.807) is 6.92 Å². The van der Waals surface area contributed by atoms with Gasteiger partial charge in [0.05, 0.1) is 5.57 Å². The van der Waals surface area contributed by atoms with Crippen LogP contribution in [0.1, 0.15) is 64.7 Å². The van der Waals surface area contributed by atoms with Crippen molar-refractivity contribution in [2.75, 3.05) is 6.61 Å². The van der Waals surface area contributed by atoms with Gasteiger partial charge in [-0.3, -0.25) is 0 Å². The quantitative estimate of drug-likeness (QED) is 0.217. The van der Waals surface area contributed by atoms with Gasteiger partial charge in [-0.15, -0.1) is 0 Å². The maximum Gasteiger partial charge on any atom is 0.336 e. The highest BCUT2D eigenvalue weighted by atomic mass is 17.2. The number of hydrogen-bond acceptors (Lipinski definition) is 5. The molecule has 1 fully saturated rings. The first kappa shape index (κ1) is 19.2. The summed E-state index contributed by atoms with van der Waals surface area (Å²) >= 11 is 0. The molecule has 3 atom stereocenters. The van der Waals surface area contributed by atoms with Crippen molar-refractivity contribution in [1.82, 2.24) is 0 Å². The largest absolute Gasteiger partial charge is 0.456 e. The second-order valence-electron chi connectivity index (χ2n) is 6.61. The number of ether oxygens (including phenoxy) is 1. The number of aliphatic hydroxyl groups excluding tert-OH is 1. The Morgan fingerprint density at radius 1 is 1.17 bits per heavy atom. The highest BCUT2D eigenvalue weighted by Gasteiger charge is 2.34. The van der Waals surface area contributed by atoms with Gasteiger partial charge in [0.15, 0.2) is 0 Å². The molecule has 0 bridgehead atoms. The highest BCUT2D eigenvalue weighted by Crippen LogP contribution is 2.22. The zero-order chi connectivity index (χ0) is 17.2. The Bertz CT molecular complexity index is 443. The molecule has 0 aliphatic carbocycles. The van der Waals surface area contributed by atoms with Gasteiger partial charge in [0.2, 0.25) is 0 Å². The molecule has 0 aromatic rings. The predicted molar refractivity (Wildman–Crippen MR) is 91.2 cm³/mol. The summed E-state index contributed by atoms with van der Waals surface area (Å²) in [5, 5.41) is 9.81. The fourth-order valence-electron chi connectivity index (χ4n) is 3.06. The Hall–Kier alpha value is -1.17. The van der Waals surface area contributed by atoms with Crippen LogP contribution in [0.2, 0.25) is 0 Å². The lowest BCUT2D eigenvalue weighted by atomic mass is 10.0. The zero-order valence-electron chi connectivity index (χ0n) is 14.6. The molecule has 136 valence electrons. The van der Waals surface area contributed by atoms with Gasteiger partial charge < -0.3 is 9.84 Å². The molecule has 1 saturated heterocycles. The normalized spacial score (nSPS) is 28.5. The molecule has 2 rings (SSSR count). The van der Waals surface area contributed by atoms with E-state index in [0.717, 1.165) is 25.7 Å². The first-order chi connectivity index (χ1) is 11.7. The third-order valence-electron chi connectivity index (χ3n) is 4.56. The number of unbranched alkanes of at least 4 members (excludes halogenated alkanes) is 7. The summed E-state index contributed by atoms with van der Waals surface area (Å²) in [4.78, 5) is 21.6. The standard InChI is InChI=1S/C19H30O5/c1-15-18(20)17(19(21)23-15)13-9-7-5-3-2-4-6-8-11-16-12-10-14-22-24-16/h10,12-13,15-16,18,20H,2-9,11,14H2,1H3. The fourth-order valence-corrected chi connectivity index (χ4v) is 3.06. The van der Waals surface area contributed by atoms with E-state index in [4.69, 9.17) is 14.5 Å². The third kappa shape index (κ3) is 6.38. The fraction of sp³-hybridized carbons (Fsp3) is 0.737. The molecule has 2 aliphatic rings. The molecule has 0 aromatic heterocycles. The molecular formula is C19H30O5. The SMILES string of the molecule is CC1OC(=O)C(=CCCCCCCCCCC2C=CCOO2)C1O. The molecule has 5 heteroatoms. The van der Waals surface area contributed by atoms with Crippen molar-refractivity contribution in [3.05, 3.63) is 23.8 Å². The van der Waals surface area contributed by atoms with Crippen molar-refractivity contribution in [3.63, 3.8) is 0 Å². The van der Waals surface area contributed by atoms with Crippen LogP contribution in [0.4, 0.5) is 0 Å². The molecular weight excluding hydrogens is 308 g/mol. The molecule has 5 nitrogen and oxygen atoms in total. The summed E-state index contributed by atoms with van der Waals surface area (Å²) < 4.78 is 4.98. The van der Waals surface area contributed by atoms with E-state index in [9.17, 15) is 9.90 Å². The van der Waals surface area contributed by atoms with Crippen LogP contribution in [0.3, 0.4) is 0 Å². The van der Waals surface area contributed by atoms with Crippen LogP contribution >= 0.6 is 0 Å². The smallest absolute Gasteiger partial charge is 0.336 e. The van der Waals surface area contributed by atoms with Crippen LogP contribution in [-0.4, -0.2) is 36.0 Å². The summed E-state index contributed by atoms with van der Waals surface area (Å²) in [7, 11) is 0. The van der Waals surface area contributed by atoms with Gasteiger partial charge in [0, 0.05) is 0 Å². The minimum absolute atomic E-state index is 0.132. The highest BCUT2D eigenvalue weighted by molar-refractivity contribution is 5.92. The Labute approximate surface area is 144 Å². The maximum absolute atomic E-state index is 11.5. The van der Waals surface area contributed by atoms with Gasteiger partial charge in [-0.1, -0.05) is 56.8 Å². The number of allylic oxidation sites excluding steroid dienone is 1. The number of carbonyl (C=O) groups excluding carboxylic acids is 1. The molecule has 0 spiro atoms. The van der Waals surface area contributed by atoms with Crippen LogP contribution in [0, 0.1) is 0 Å². The van der Waals surface area contributed by atoms with Crippen molar-refractivity contribution in [3.8, 4) is 0 Å². The average molecular weight is 338 g/mol. The summed E-state index contributed by atoms with van der Waals surface area (Å²) in [6.45, 7) is 2.28. The molecule has 0 aromatic carbocycles. The Morgan fingerprint density at radius 2 is 1.88 bits per heavy atom. The molecule has 0 amide bonds. The maximum atomic E-state index is 11.5. The lowest BCUT2D eigenvalue weighted by molar-refractivity contribution is -0.313. The predicted octanol–water partition coefficient (Wildman–Crippen LogP) is 3.62. The number of hydrogen-bond donors (Lipinski definition) is 1. The number of aliphatic hydroxyl groups is 1. The lowest BCUT2D eigenvalue weighted by Crippen LogP contribution is -2.17. The lowest BCUT2D eigenvalue weighted by Gasteiger charge is -2.15. The topological polar surface area (TPSA) is 65.0 Å². The van der Waals surface area contributed by atoms with Gasteiger partial charge in [-0.05, 0) is 26.2 Å². The van der Waals surface area contributed by atoms with Crippen LogP contribution < -0.4 is 0 Å².